The Hall–Kier alpha value is -1.97. The third kappa shape index (κ3) is 2.64. The minimum absolute atomic E-state index is 0.0669. The summed E-state index contributed by atoms with van der Waals surface area (Å²) in [4.78, 5) is 11.5. The Morgan fingerprint density at radius 1 is 1.44 bits per heavy atom. The maximum atomic E-state index is 13.2. The number of halogens is 1. The summed E-state index contributed by atoms with van der Waals surface area (Å²) >= 11 is 0. The third-order valence-corrected chi connectivity index (χ3v) is 2.92. The van der Waals surface area contributed by atoms with E-state index < -0.39 is 0 Å². The maximum absolute atomic E-state index is 13.2. The summed E-state index contributed by atoms with van der Waals surface area (Å²) in [6.45, 7) is 4.22. The van der Waals surface area contributed by atoms with Crippen molar-refractivity contribution >= 4 is 5.78 Å². The molecule has 0 aliphatic heterocycles. The summed E-state index contributed by atoms with van der Waals surface area (Å²) < 4.78 is 14.8. The summed E-state index contributed by atoms with van der Waals surface area (Å²) in [7, 11) is 0. The van der Waals surface area contributed by atoms with Crippen molar-refractivity contribution in [3.05, 3.63) is 53.1 Å². The van der Waals surface area contributed by atoms with Gasteiger partial charge >= 0.3 is 0 Å². The zero-order chi connectivity index (χ0) is 13.1. The van der Waals surface area contributed by atoms with Crippen LogP contribution in [-0.4, -0.2) is 15.6 Å². The van der Waals surface area contributed by atoms with Crippen LogP contribution in [-0.2, 0) is 6.54 Å². The van der Waals surface area contributed by atoms with Crippen LogP contribution in [0.2, 0.25) is 0 Å². The first-order valence-electron chi connectivity index (χ1n) is 5.91. The number of nitrogens with zero attached hydrogens (tertiary/aromatic N) is 2. The zero-order valence-corrected chi connectivity index (χ0v) is 10.5. The molecule has 2 aromatic rings. The lowest BCUT2D eigenvalue weighted by molar-refractivity contribution is 0.0988. The third-order valence-electron chi connectivity index (χ3n) is 2.92. The van der Waals surface area contributed by atoms with Crippen molar-refractivity contribution in [3.8, 4) is 0 Å². The first-order valence-corrected chi connectivity index (χ1v) is 5.91. The highest BCUT2D eigenvalue weighted by molar-refractivity contribution is 5.95. The molecule has 4 heteroatoms. The van der Waals surface area contributed by atoms with E-state index in [0.717, 1.165) is 11.1 Å². The molecular formula is C14H15FN2O. The van der Waals surface area contributed by atoms with E-state index >= 15 is 0 Å². The molecule has 0 fully saturated rings. The molecule has 0 saturated heterocycles. The van der Waals surface area contributed by atoms with Crippen molar-refractivity contribution in [2.24, 2.45) is 0 Å². The van der Waals surface area contributed by atoms with Crippen LogP contribution in [0.1, 0.15) is 34.8 Å². The molecule has 0 amide bonds. The zero-order valence-electron chi connectivity index (χ0n) is 10.5. The summed E-state index contributed by atoms with van der Waals surface area (Å²) in [6.07, 6.45) is 3.72. The van der Waals surface area contributed by atoms with E-state index in [2.05, 4.69) is 5.10 Å². The number of aromatic nitrogens is 2. The number of hydrogen-bond acceptors (Lipinski definition) is 2. The van der Waals surface area contributed by atoms with E-state index in [4.69, 9.17) is 0 Å². The van der Waals surface area contributed by atoms with Gasteiger partial charge in [0.25, 0.3) is 0 Å². The van der Waals surface area contributed by atoms with Gasteiger partial charge in [0, 0.05) is 12.6 Å². The van der Waals surface area contributed by atoms with Gasteiger partial charge in [-0.15, -0.1) is 0 Å². The van der Waals surface area contributed by atoms with Crippen LogP contribution in [0.5, 0.6) is 0 Å². The predicted octanol–water partition coefficient (Wildman–Crippen LogP) is 2.97. The fourth-order valence-corrected chi connectivity index (χ4v) is 1.78. The number of rotatable bonds is 4. The first-order chi connectivity index (χ1) is 8.60. The Morgan fingerprint density at radius 3 is 2.94 bits per heavy atom. The van der Waals surface area contributed by atoms with Crippen molar-refractivity contribution in [1.29, 1.82) is 0 Å². The molecule has 0 atom stereocenters. The molecule has 1 aromatic carbocycles. The summed E-state index contributed by atoms with van der Waals surface area (Å²) in [5.41, 5.74) is 2.48. The van der Waals surface area contributed by atoms with Crippen LogP contribution in [0.25, 0.3) is 0 Å². The monoisotopic (exact) mass is 246 g/mol. The molecule has 0 radical (unpaired) electrons. The molecule has 1 aromatic heterocycles. The Morgan fingerprint density at radius 2 is 2.22 bits per heavy atom. The molecule has 0 unspecified atom stereocenters. The van der Waals surface area contributed by atoms with Gasteiger partial charge in [-0.1, -0.05) is 13.0 Å². The average molecular weight is 246 g/mol. The fourth-order valence-electron chi connectivity index (χ4n) is 1.78. The summed E-state index contributed by atoms with van der Waals surface area (Å²) in [5, 5.41) is 4.12. The van der Waals surface area contributed by atoms with Crippen LogP contribution in [0.4, 0.5) is 4.39 Å². The normalized spacial score (nSPS) is 10.6. The van der Waals surface area contributed by atoms with Gasteiger partial charge in [-0.25, -0.2) is 4.39 Å². The number of benzene rings is 1. The smallest absolute Gasteiger partial charge is 0.165 e. The SMILES string of the molecule is CCC(=O)c1cnn(Cc2cc(F)ccc2C)c1. The molecule has 94 valence electrons. The minimum atomic E-state index is -0.257. The highest BCUT2D eigenvalue weighted by atomic mass is 19.1. The van der Waals surface area contributed by atoms with Crippen LogP contribution in [0.15, 0.2) is 30.6 Å². The van der Waals surface area contributed by atoms with E-state index in [1.165, 1.54) is 12.1 Å². The molecule has 0 bridgehead atoms. The fraction of sp³-hybridized carbons (Fsp3) is 0.286. The highest BCUT2D eigenvalue weighted by Gasteiger charge is 2.07. The van der Waals surface area contributed by atoms with Gasteiger partial charge in [-0.3, -0.25) is 9.48 Å². The number of aryl methyl sites for hydroxylation is 1. The van der Waals surface area contributed by atoms with Crippen LogP contribution >= 0.6 is 0 Å². The number of ketones is 1. The van der Waals surface area contributed by atoms with Gasteiger partial charge in [-0.2, -0.15) is 5.10 Å². The van der Waals surface area contributed by atoms with Crippen molar-refractivity contribution in [2.75, 3.05) is 0 Å². The van der Waals surface area contributed by atoms with Gasteiger partial charge in [0.15, 0.2) is 5.78 Å². The second kappa shape index (κ2) is 5.12. The van der Waals surface area contributed by atoms with Crippen molar-refractivity contribution in [2.45, 2.75) is 26.8 Å². The van der Waals surface area contributed by atoms with Gasteiger partial charge in [0.2, 0.25) is 0 Å². The van der Waals surface area contributed by atoms with Crippen LogP contribution < -0.4 is 0 Å². The predicted molar refractivity (Wildman–Crippen MR) is 67.1 cm³/mol. The van der Waals surface area contributed by atoms with E-state index in [1.54, 1.807) is 23.1 Å². The molecule has 0 spiro atoms. The van der Waals surface area contributed by atoms with E-state index in [-0.39, 0.29) is 11.6 Å². The lowest BCUT2D eigenvalue weighted by Gasteiger charge is -2.05. The molecule has 0 N–H and O–H groups in total. The van der Waals surface area contributed by atoms with Gasteiger partial charge in [0.1, 0.15) is 5.82 Å². The standard InChI is InChI=1S/C14H15FN2O/c1-3-14(18)12-7-16-17(9-12)8-11-6-13(15)5-4-10(11)2/h4-7,9H,3,8H2,1-2H3. The van der Waals surface area contributed by atoms with Crippen LogP contribution in [0.3, 0.4) is 0 Å². The van der Waals surface area contributed by atoms with E-state index in [9.17, 15) is 9.18 Å². The quantitative estimate of drug-likeness (QED) is 0.777. The number of hydrogen-bond donors (Lipinski definition) is 0. The van der Waals surface area contributed by atoms with Gasteiger partial charge in [0.05, 0.1) is 18.3 Å². The highest BCUT2D eigenvalue weighted by Crippen LogP contribution is 2.12. The second-order valence-corrected chi connectivity index (χ2v) is 4.27. The van der Waals surface area contributed by atoms with E-state index in [1.807, 2.05) is 13.8 Å². The van der Waals surface area contributed by atoms with Crippen molar-refractivity contribution < 1.29 is 9.18 Å². The number of carbonyl (C=O) groups excluding carboxylic acids is 1. The summed E-state index contributed by atoms with van der Waals surface area (Å²) in [5.74, 6) is -0.190. The Bertz CT molecular complexity index is 575. The van der Waals surface area contributed by atoms with Gasteiger partial charge in [-0.05, 0) is 30.2 Å². The lowest BCUT2D eigenvalue weighted by atomic mass is 10.1. The molecule has 2 rings (SSSR count). The molecule has 1 heterocycles. The van der Waals surface area contributed by atoms with Crippen molar-refractivity contribution in [1.82, 2.24) is 9.78 Å². The molecule has 0 aliphatic rings. The Labute approximate surface area is 105 Å². The number of Topliss-reactive ketones (excluding diaryl/α,β-unsaturated/α-hetero) is 1. The summed E-state index contributed by atoms with van der Waals surface area (Å²) in [6, 6.07) is 4.68. The minimum Gasteiger partial charge on any atom is -0.294 e. The van der Waals surface area contributed by atoms with Crippen molar-refractivity contribution in [3.63, 3.8) is 0 Å². The van der Waals surface area contributed by atoms with Crippen LogP contribution in [0, 0.1) is 12.7 Å². The molecule has 0 saturated carbocycles. The molecule has 3 nitrogen and oxygen atoms in total. The van der Waals surface area contributed by atoms with Gasteiger partial charge < -0.3 is 0 Å². The lowest BCUT2D eigenvalue weighted by Crippen LogP contribution is -2.02. The second-order valence-electron chi connectivity index (χ2n) is 4.27. The average Bonchev–Trinajstić information content (AvgIpc) is 2.81. The Kier molecular flexibility index (Phi) is 3.55. The number of carbonyl (C=O) groups is 1. The molecular weight excluding hydrogens is 231 g/mol. The molecule has 18 heavy (non-hydrogen) atoms. The maximum Gasteiger partial charge on any atom is 0.165 e. The first kappa shape index (κ1) is 12.5. The Balaban J connectivity index is 2.21. The molecule has 0 aliphatic carbocycles. The largest absolute Gasteiger partial charge is 0.294 e. The van der Waals surface area contributed by atoms with E-state index in [0.29, 0.717) is 18.5 Å². The topological polar surface area (TPSA) is 34.9 Å².